The molecule has 0 saturated heterocycles. The molecule has 0 unspecified atom stereocenters. The number of nitrogens with zero attached hydrogens (tertiary/aromatic N) is 2. The Bertz CT molecular complexity index is 764. The summed E-state index contributed by atoms with van der Waals surface area (Å²) >= 11 is 0. The largest absolute Gasteiger partial charge is 0.371 e. The van der Waals surface area contributed by atoms with Gasteiger partial charge in [-0.2, -0.15) is 0 Å². The Morgan fingerprint density at radius 1 is 1.32 bits per heavy atom. The lowest BCUT2D eigenvalue weighted by Gasteiger charge is -2.30. The molecule has 1 aromatic heterocycles. The van der Waals surface area contributed by atoms with Crippen molar-refractivity contribution < 1.29 is 9.53 Å². The van der Waals surface area contributed by atoms with Gasteiger partial charge in [-0.15, -0.1) is 0 Å². The summed E-state index contributed by atoms with van der Waals surface area (Å²) in [6.07, 6.45) is 6.61. The Labute approximate surface area is 147 Å². The quantitative estimate of drug-likeness (QED) is 0.896. The highest BCUT2D eigenvalue weighted by molar-refractivity contribution is 5.91. The van der Waals surface area contributed by atoms with Crippen molar-refractivity contribution in [2.45, 2.75) is 57.7 Å². The van der Waals surface area contributed by atoms with E-state index in [2.05, 4.69) is 21.3 Å². The lowest BCUT2D eigenvalue weighted by molar-refractivity contribution is -0.114. The molecule has 25 heavy (non-hydrogen) atoms. The van der Waals surface area contributed by atoms with E-state index in [1.165, 1.54) is 39.0 Å². The van der Waals surface area contributed by atoms with Crippen LogP contribution in [0.2, 0.25) is 0 Å². The molecule has 1 atom stereocenters. The smallest absolute Gasteiger partial charge is 0.221 e. The molecule has 2 aliphatic rings. The van der Waals surface area contributed by atoms with Crippen molar-refractivity contribution in [2.24, 2.45) is 0 Å². The Morgan fingerprint density at radius 3 is 2.96 bits per heavy atom. The number of carbonyl (C=O) groups is 1. The highest BCUT2D eigenvalue weighted by Gasteiger charge is 2.25. The average molecular weight is 342 g/mol. The molecule has 1 fully saturated rings. The van der Waals surface area contributed by atoms with Crippen LogP contribution in [0.4, 0.5) is 5.69 Å². The van der Waals surface area contributed by atoms with Crippen LogP contribution in [-0.2, 0) is 16.1 Å². The van der Waals surface area contributed by atoms with Crippen LogP contribution in [0, 0.1) is 0 Å². The molecular formula is C19H26N4O2. The zero-order valence-electron chi connectivity index (χ0n) is 14.8. The maximum atomic E-state index is 11.3. The van der Waals surface area contributed by atoms with Crippen LogP contribution in [0.3, 0.4) is 0 Å². The number of benzene rings is 1. The summed E-state index contributed by atoms with van der Waals surface area (Å²) in [7, 11) is 0. The lowest BCUT2D eigenvalue weighted by atomic mass is 9.95. The SMILES string of the molecule is CC(=O)Nc1ccc2c(c1)nc1n2[C@@H](CNC2CCCCC2)COC1. The van der Waals surface area contributed by atoms with E-state index in [1.54, 1.807) is 0 Å². The summed E-state index contributed by atoms with van der Waals surface area (Å²) in [6.45, 7) is 3.69. The van der Waals surface area contributed by atoms with Gasteiger partial charge in [0, 0.05) is 25.2 Å². The van der Waals surface area contributed by atoms with Crippen LogP contribution in [0.5, 0.6) is 0 Å². The number of aromatic nitrogens is 2. The molecule has 0 radical (unpaired) electrons. The van der Waals surface area contributed by atoms with E-state index in [9.17, 15) is 4.79 Å². The minimum atomic E-state index is -0.0683. The maximum Gasteiger partial charge on any atom is 0.221 e. The third-order valence-corrected chi connectivity index (χ3v) is 5.24. The number of ether oxygens (including phenoxy) is 1. The second kappa shape index (κ2) is 7.14. The summed E-state index contributed by atoms with van der Waals surface area (Å²) in [5, 5.41) is 6.56. The molecule has 6 nitrogen and oxygen atoms in total. The fourth-order valence-electron chi connectivity index (χ4n) is 4.06. The summed E-state index contributed by atoms with van der Waals surface area (Å²) in [4.78, 5) is 16.0. The molecule has 1 aliphatic carbocycles. The number of nitrogens with one attached hydrogen (secondary N) is 2. The van der Waals surface area contributed by atoms with Crippen molar-refractivity contribution in [3.8, 4) is 0 Å². The molecule has 1 aliphatic heterocycles. The number of hydrogen-bond donors (Lipinski definition) is 2. The van der Waals surface area contributed by atoms with E-state index in [1.807, 2.05) is 12.1 Å². The molecule has 2 aromatic rings. The number of hydrogen-bond acceptors (Lipinski definition) is 4. The molecule has 0 bridgehead atoms. The van der Waals surface area contributed by atoms with Gasteiger partial charge in [-0.05, 0) is 31.0 Å². The van der Waals surface area contributed by atoms with Gasteiger partial charge in [-0.1, -0.05) is 19.3 Å². The van der Waals surface area contributed by atoms with E-state index in [4.69, 9.17) is 9.72 Å². The molecule has 1 saturated carbocycles. The number of rotatable bonds is 4. The predicted molar refractivity (Wildman–Crippen MR) is 97.6 cm³/mol. The first-order valence-electron chi connectivity index (χ1n) is 9.30. The summed E-state index contributed by atoms with van der Waals surface area (Å²) < 4.78 is 8.09. The van der Waals surface area contributed by atoms with E-state index >= 15 is 0 Å². The molecule has 0 spiro atoms. The van der Waals surface area contributed by atoms with Crippen molar-refractivity contribution in [3.05, 3.63) is 24.0 Å². The van der Waals surface area contributed by atoms with Gasteiger partial charge in [0.15, 0.2) is 0 Å². The van der Waals surface area contributed by atoms with Crippen molar-refractivity contribution in [1.82, 2.24) is 14.9 Å². The van der Waals surface area contributed by atoms with Gasteiger partial charge < -0.3 is 19.9 Å². The first-order valence-corrected chi connectivity index (χ1v) is 9.30. The first kappa shape index (κ1) is 16.5. The number of anilines is 1. The fourth-order valence-corrected chi connectivity index (χ4v) is 4.06. The average Bonchev–Trinajstić information content (AvgIpc) is 2.98. The Balaban J connectivity index is 1.55. The maximum absolute atomic E-state index is 11.3. The monoisotopic (exact) mass is 342 g/mol. The predicted octanol–water partition coefficient (Wildman–Crippen LogP) is 2.99. The Morgan fingerprint density at radius 2 is 2.16 bits per heavy atom. The minimum Gasteiger partial charge on any atom is -0.371 e. The van der Waals surface area contributed by atoms with Gasteiger partial charge in [-0.3, -0.25) is 4.79 Å². The van der Waals surface area contributed by atoms with Crippen LogP contribution < -0.4 is 10.6 Å². The molecule has 6 heteroatoms. The zero-order chi connectivity index (χ0) is 17.2. The van der Waals surface area contributed by atoms with Crippen LogP contribution in [0.15, 0.2) is 18.2 Å². The van der Waals surface area contributed by atoms with Crippen LogP contribution in [0.25, 0.3) is 11.0 Å². The van der Waals surface area contributed by atoms with Crippen molar-refractivity contribution in [3.63, 3.8) is 0 Å². The third-order valence-electron chi connectivity index (χ3n) is 5.24. The summed E-state index contributed by atoms with van der Waals surface area (Å²) in [5.41, 5.74) is 2.81. The molecule has 1 aromatic carbocycles. The molecule has 4 rings (SSSR count). The van der Waals surface area contributed by atoms with Gasteiger partial charge in [0.2, 0.25) is 5.91 Å². The van der Waals surface area contributed by atoms with Gasteiger partial charge in [-0.25, -0.2) is 4.98 Å². The standard InChI is InChI=1S/C19H26N4O2/c1-13(24)21-15-7-8-18-17(9-15)22-19-12-25-11-16(23(18)19)10-20-14-5-3-2-4-6-14/h7-9,14,16,20H,2-6,10-12H2,1H3,(H,21,24)/t16-/m0/s1. The van der Waals surface area contributed by atoms with Gasteiger partial charge in [0.25, 0.3) is 0 Å². The molecule has 2 N–H and O–H groups in total. The Kier molecular flexibility index (Phi) is 4.72. The lowest BCUT2D eigenvalue weighted by Crippen LogP contribution is -2.38. The number of carbonyl (C=O) groups excluding carboxylic acids is 1. The zero-order valence-corrected chi connectivity index (χ0v) is 14.8. The van der Waals surface area contributed by atoms with Crippen LogP contribution >= 0.6 is 0 Å². The third kappa shape index (κ3) is 3.55. The van der Waals surface area contributed by atoms with Crippen LogP contribution in [0.1, 0.15) is 50.9 Å². The van der Waals surface area contributed by atoms with E-state index < -0.39 is 0 Å². The molecule has 134 valence electrons. The van der Waals surface area contributed by atoms with Crippen molar-refractivity contribution in [2.75, 3.05) is 18.5 Å². The minimum absolute atomic E-state index is 0.0683. The topological polar surface area (TPSA) is 68.2 Å². The number of fused-ring (bicyclic) bond motifs is 3. The van der Waals surface area contributed by atoms with Crippen molar-refractivity contribution in [1.29, 1.82) is 0 Å². The van der Waals surface area contributed by atoms with E-state index in [0.717, 1.165) is 29.1 Å². The fraction of sp³-hybridized carbons (Fsp3) is 0.579. The molecular weight excluding hydrogens is 316 g/mol. The normalized spacial score (nSPS) is 21.2. The Hall–Kier alpha value is -1.92. The first-order chi connectivity index (χ1) is 12.2. The summed E-state index contributed by atoms with van der Waals surface area (Å²) in [6, 6.07) is 6.84. The highest BCUT2D eigenvalue weighted by atomic mass is 16.5. The van der Waals surface area contributed by atoms with E-state index in [0.29, 0.717) is 19.3 Å². The second-order valence-electron chi connectivity index (χ2n) is 7.19. The van der Waals surface area contributed by atoms with E-state index in [-0.39, 0.29) is 11.9 Å². The van der Waals surface area contributed by atoms with Gasteiger partial charge in [0.1, 0.15) is 12.4 Å². The number of imidazole rings is 1. The second-order valence-corrected chi connectivity index (χ2v) is 7.19. The molecule has 1 amide bonds. The molecule has 2 heterocycles. The highest BCUT2D eigenvalue weighted by Crippen LogP contribution is 2.28. The van der Waals surface area contributed by atoms with Crippen LogP contribution in [-0.4, -0.2) is 34.7 Å². The van der Waals surface area contributed by atoms with Gasteiger partial charge in [0.05, 0.1) is 23.7 Å². The van der Waals surface area contributed by atoms with Crippen molar-refractivity contribution >= 4 is 22.6 Å². The van der Waals surface area contributed by atoms with Gasteiger partial charge >= 0.3 is 0 Å². The number of amides is 1. The summed E-state index contributed by atoms with van der Waals surface area (Å²) in [5.74, 6) is 0.901.